The van der Waals surface area contributed by atoms with E-state index in [0.29, 0.717) is 6.42 Å². The van der Waals surface area contributed by atoms with Gasteiger partial charge in [-0.05, 0) is 40.5 Å². The molecule has 0 amide bonds. The van der Waals surface area contributed by atoms with Gasteiger partial charge in [0.05, 0.1) is 12.5 Å². The van der Waals surface area contributed by atoms with E-state index in [0.717, 1.165) is 11.3 Å². The maximum absolute atomic E-state index is 8.45. The highest BCUT2D eigenvalue weighted by Crippen LogP contribution is 2.15. The Balaban J connectivity index is 2.65. The molecule has 68 valence electrons. The molecule has 13 heavy (non-hydrogen) atoms. The van der Waals surface area contributed by atoms with Gasteiger partial charge in [0.15, 0.2) is 5.01 Å². The second kappa shape index (κ2) is 4.88. The van der Waals surface area contributed by atoms with E-state index in [2.05, 4.69) is 22.0 Å². The molecule has 0 fully saturated rings. The number of hydrogen-bond donors (Lipinski definition) is 0. The predicted molar refractivity (Wildman–Crippen MR) is 54.8 cm³/mol. The molecule has 2 nitrogen and oxygen atoms in total. The van der Waals surface area contributed by atoms with Crippen LogP contribution >= 0.6 is 15.9 Å². The zero-order chi connectivity index (χ0) is 9.68. The fourth-order valence-electron chi connectivity index (χ4n) is 0.965. The summed E-state index contributed by atoms with van der Waals surface area (Å²) in [6.45, 7) is 1.91. The molecule has 0 aliphatic heterocycles. The van der Waals surface area contributed by atoms with Crippen molar-refractivity contribution in [3.05, 3.63) is 29.8 Å². The molecule has 0 bridgehead atoms. The van der Waals surface area contributed by atoms with Crippen LogP contribution < -0.4 is 4.74 Å². The number of halogens is 1. The smallest absolute Gasteiger partial charge is 0.150 e. The lowest BCUT2D eigenvalue weighted by molar-refractivity contribution is 0.314. The van der Waals surface area contributed by atoms with Gasteiger partial charge in [0.2, 0.25) is 0 Å². The van der Waals surface area contributed by atoms with Crippen LogP contribution in [0.25, 0.3) is 0 Å². The Morgan fingerprint density at radius 1 is 1.46 bits per heavy atom. The molecule has 1 aromatic rings. The van der Waals surface area contributed by atoms with Crippen LogP contribution in [0.5, 0.6) is 5.75 Å². The molecular weight excluding hydrogens is 230 g/mol. The largest absolute Gasteiger partial charge is 0.480 e. The van der Waals surface area contributed by atoms with Crippen LogP contribution in [0, 0.1) is 11.3 Å². The molecule has 0 aliphatic rings. The van der Waals surface area contributed by atoms with Gasteiger partial charge in [-0.2, -0.15) is 5.26 Å². The van der Waals surface area contributed by atoms with Crippen molar-refractivity contribution in [1.82, 2.24) is 0 Å². The summed E-state index contributed by atoms with van der Waals surface area (Å²) in [5.41, 5.74) is 1.01. The first kappa shape index (κ1) is 10.1. The molecule has 0 heterocycles. The van der Waals surface area contributed by atoms with Gasteiger partial charge in [-0.15, -0.1) is 0 Å². The molecule has 0 aromatic heterocycles. The number of benzene rings is 1. The highest BCUT2D eigenvalue weighted by molar-refractivity contribution is 9.09. The minimum absolute atomic E-state index is 0.00863. The Morgan fingerprint density at radius 2 is 2.08 bits per heavy atom. The third-order valence-electron chi connectivity index (χ3n) is 1.51. The van der Waals surface area contributed by atoms with E-state index in [1.807, 2.05) is 31.2 Å². The van der Waals surface area contributed by atoms with Gasteiger partial charge in [0.1, 0.15) is 5.75 Å². The summed E-state index contributed by atoms with van der Waals surface area (Å²) in [7, 11) is 0. The van der Waals surface area contributed by atoms with Gasteiger partial charge < -0.3 is 4.74 Å². The predicted octanol–water partition coefficient (Wildman–Crippen LogP) is 2.87. The summed E-state index contributed by atoms with van der Waals surface area (Å²) in [5, 5.41) is 8.45. The zero-order valence-corrected chi connectivity index (χ0v) is 8.91. The van der Waals surface area contributed by atoms with Gasteiger partial charge in [-0.1, -0.05) is 12.1 Å². The van der Waals surface area contributed by atoms with Gasteiger partial charge in [-0.25, -0.2) is 0 Å². The van der Waals surface area contributed by atoms with E-state index in [9.17, 15) is 0 Å². The van der Waals surface area contributed by atoms with Gasteiger partial charge in [0, 0.05) is 0 Å². The highest BCUT2D eigenvalue weighted by Gasteiger charge is 1.98. The first-order valence-corrected chi connectivity index (χ1v) is 4.90. The Bertz CT molecular complexity index is 300. The van der Waals surface area contributed by atoms with Crippen molar-refractivity contribution in [2.45, 2.75) is 18.4 Å². The number of hydrogen-bond acceptors (Lipinski definition) is 2. The molecular formula is C10H10BrNO. The molecule has 0 saturated carbocycles. The second-order valence-electron chi connectivity index (χ2n) is 2.64. The van der Waals surface area contributed by atoms with E-state index < -0.39 is 0 Å². The lowest BCUT2D eigenvalue weighted by Gasteiger charge is -2.07. The molecule has 0 radical (unpaired) electrons. The molecule has 1 unspecified atom stereocenters. The fraction of sp³-hybridized carbons (Fsp3) is 0.300. The average molecular weight is 240 g/mol. The van der Waals surface area contributed by atoms with E-state index in [-0.39, 0.29) is 5.01 Å². The van der Waals surface area contributed by atoms with Gasteiger partial charge in [-0.3, -0.25) is 0 Å². The second-order valence-corrected chi connectivity index (χ2v) is 3.93. The van der Waals surface area contributed by atoms with Crippen molar-refractivity contribution in [3.63, 3.8) is 0 Å². The van der Waals surface area contributed by atoms with Crippen molar-refractivity contribution in [3.8, 4) is 11.8 Å². The third kappa shape index (κ3) is 3.47. The maximum atomic E-state index is 8.45. The van der Waals surface area contributed by atoms with Crippen molar-refractivity contribution < 1.29 is 4.74 Å². The number of alkyl halides is 1. The summed E-state index contributed by atoms with van der Waals surface area (Å²) in [5.74, 6) is 0.811. The molecule has 0 spiro atoms. The maximum Gasteiger partial charge on any atom is 0.150 e. The monoisotopic (exact) mass is 239 g/mol. The Labute approximate surface area is 86.3 Å². The zero-order valence-electron chi connectivity index (χ0n) is 7.33. The Hall–Kier alpha value is -1.01. The van der Waals surface area contributed by atoms with Crippen LogP contribution in [-0.4, -0.2) is 5.01 Å². The number of rotatable bonds is 3. The number of ether oxygens (including phenoxy) is 1. The van der Waals surface area contributed by atoms with Crippen molar-refractivity contribution in [2.24, 2.45) is 0 Å². The van der Waals surface area contributed by atoms with E-state index in [4.69, 9.17) is 10.00 Å². The SMILES string of the molecule is CC(Br)Oc1ccc(CC#N)cc1. The molecule has 0 aliphatic carbocycles. The van der Waals surface area contributed by atoms with E-state index in [1.165, 1.54) is 0 Å². The fourth-order valence-corrected chi connectivity index (χ4v) is 1.18. The normalized spacial score (nSPS) is 11.8. The van der Waals surface area contributed by atoms with Crippen molar-refractivity contribution >= 4 is 15.9 Å². The van der Waals surface area contributed by atoms with Crippen LogP contribution in [0.1, 0.15) is 12.5 Å². The van der Waals surface area contributed by atoms with Crippen molar-refractivity contribution in [1.29, 1.82) is 5.26 Å². The molecule has 1 atom stereocenters. The summed E-state index contributed by atoms with van der Waals surface area (Å²) >= 11 is 3.29. The lowest BCUT2D eigenvalue weighted by atomic mass is 10.2. The summed E-state index contributed by atoms with van der Waals surface area (Å²) in [6, 6.07) is 9.62. The van der Waals surface area contributed by atoms with Crippen LogP contribution in [0.2, 0.25) is 0 Å². The Kier molecular flexibility index (Phi) is 3.78. The summed E-state index contributed by atoms with van der Waals surface area (Å²) < 4.78 is 5.38. The standard InChI is InChI=1S/C10H10BrNO/c1-8(11)13-10-4-2-9(3-5-10)6-7-12/h2-5,8H,6H2,1H3. The van der Waals surface area contributed by atoms with E-state index >= 15 is 0 Å². The molecule has 1 aromatic carbocycles. The van der Waals surface area contributed by atoms with Crippen LogP contribution in [0.3, 0.4) is 0 Å². The number of nitriles is 1. The topological polar surface area (TPSA) is 33.0 Å². The van der Waals surface area contributed by atoms with Crippen LogP contribution in [0.15, 0.2) is 24.3 Å². The minimum Gasteiger partial charge on any atom is -0.480 e. The molecule has 0 N–H and O–H groups in total. The van der Waals surface area contributed by atoms with Gasteiger partial charge in [0.25, 0.3) is 0 Å². The number of nitrogens with zero attached hydrogens (tertiary/aromatic N) is 1. The van der Waals surface area contributed by atoms with Crippen molar-refractivity contribution in [2.75, 3.05) is 0 Å². The molecule has 1 rings (SSSR count). The van der Waals surface area contributed by atoms with Gasteiger partial charge >= 0.3 is 0 Å². The van der Waals surface area contributed by atoms with Crippen LogP contribution in [0.4, 0.5) is 0 Å². The molecule has 0 saturated heterocycles. The third-order valence-corrected chi connectivity index (χ3v) is 1.69. The first-order chi connectivity index (χ1) is 6.22. The highest BCUT2D eigenvalue weighted by atomic mass is 79.9. The first-order valence-electron chi connectivity index (χ1n) is 3.99. The van der Waals surface area contributed by atoms with Crippen LogP contribution in [-0.2, 0) is 6.42 Å². The van der Waals surface area contributed by atoms with E-state index in [1.54, 1.807) is 0 Å². The lowest BCUT2D eigenvalue weighted by Crippen LogP contribution is -2.01. The quantitative estimate of drug-likeness (QED) is 0.761. The minimum atomic E-state index is 0.00863. The Morgan fingerprint density at radius 3 is 2.54 bits per heavy atom. The summed E-state index contributed by atoms with van der Waals surface area (Å²) in [4.78, 5) is 0. The molecule has 3 heteroatoms. The summed E-state index contributed by atoms with van der Waals surface area (Å²) in [6.07, 6.45) is 0.449. The average Bonchev–Trinajstić information content (AvgIpc) is 2.08.